The molecule has 18 heteroatoms. The number of esters is 1. The number of ketones is 1. The zero-order valence-corrected chi connectivity index (χ0v) is 44.9. The molecule has 7 fully saturated rings. The van der Waals surface area contributed by atoms with Gasteiger partial charge < -0.3 is 76.9 Å². The van der Waals surface area contributed by atoms with E-state index in [1.54, 1.807) is 41.1 Å². The van der Waals surface area contributed by atoms with Crippen molar-refractivity contribution in [2.45, 2.75) is 249 Å². The highest BCUT2D eigenvalue weighted by Crippen LogP contribution is 2.68. The second kappa shape index (κ2) is 22.5. The van der Waals surface area contributed by atoms with Gasteiger partial charge in [0.2, 0.25) is 0 Å². The molecule has 3 N–H and O–H groups in total. The Morgan fingerprint density at radius 3 is 1.83 bits per heavy atom. The molecule has 16 unspecified atom stereocenters. The fraction of sp³-hybridized carbons (Fsp3) is 0.889. The fourth-order valence-corrected chi connectivity index (χ4v) is 14.5. The molecule has 18 nitrogen and oxygen atoms in total. The number of rotatable bonds is 15. The van der Waals surface area contributed by atoms with E-state index in [1.165, 1.54) is 19.8 Å². The molecule has 3 saturated carbocycles. The number of ether oxygens (including phenoxy) is 13. The number of Topliss-reactive ketones (excluding diaryl/α,β-unsaturated/α-hetero) is 1. The molecule has 4 aliphatic carbocycles. The average Bonchev–Trinajstić information content (AvgIpc) is 3.64. The summed E-state index contributed by atoms with van der Waals surface area (Å²) in [4.78, 5) is 26.5. The third-order valence-electron chi connectivity index (χ3n) is 18.9. The highest BCUT2D eigenvalue weighted by atomic mass is 16.8. The minimum absolute atomic E-state index is 0.0350. The van der Waals surface area contributed by atoms with Crippen molar-refractivity contribution in [3.63, 3.8) is 0 Å². The Morgan fingerprint density at radius 2 is 1.24 bits per heavy atom. The Balaban J connectivity index is 0.864. The number of carbonyl (C=O) groups excluding carboxylic acids is 2. The van der Waals surface area contributed by atoms with E-state index in [1.807, 2.05) is 34.6 Å². The predicted octanol–water partition coefficient (Wildman–Crippen LogP) is 5.23. The number of hydrogen-bond donors (Lipinski definition) is 3. The van der Waals surface area contributed by atoms with Crippen LogP contribution in [0, 0.1) is 28.6 Å². The standard InChI is InChI=1S/C54H86O18/c1-14-26(2)50(58)69-40-22-36-35(54(59)20-18-34(27(3)55)53(40,54)9)16-15-32-21-33(17-19-52(32,36)8)68-41-24-38(61-11)46(29(5)65-41)70-43-25-39(62-12)47(30(6)66-43)72-51-45(57)49(63-13)48(31(7)67-51)71-42-23-37(60-10)44(56)28(4)64-42/h14-15,28-31,33-49,51,56-57,59H,16-25H2,1-13H3/b26-14+/t28?,29?,30?,31?,33?,34?,35?,36?,37?,38?,39?,40?,41-,42-,43-,44-,45+,46-,47-,48-,49?,51-,52?,53?,54?/m0/s1. The van der Waals surface area contributed by atoms with Crippen LogP contribution < -0.4 is 0 Å². The lowest BCUT2D eigenvalue weighted by molar-refractivity contribution is -0.365. The normalized spacial score (nSPS) is 49.8. The maximum atomic E-state index is 13.4. The van der Waals surface area contributed by atoms with Crippen molar-refractivity contribution in [1.82, 2.24) is 0 Å². The summed E-state index contributed by atoms with van der Waals surface area (Å²) in [6.07, 6.45) is -2.07. The van der Waals surface area contributed by atoms with Crippen molar-refractivity contribution < 1.29 is 86.5 Å². The average molecular weight is 1020 g/mol. The molecule has 4 saturated heterocycles. The molecule has 8 rings (SSSR count). The predicted molar refractivity (Wildman–Crippen MR) is 258 cm³/mol. The van der Waals surface area contributed by atoms with Crippen molar-refractivity contribution in [3.8, 4) is 0 Å². The summed E-state index contributed by atoms with van der Waals surface area (Å²) in [5.74, 6) is -0.765. The highest BCUT2D eigenvalue weighted by Gasteiger charge is 2.71. The minimum atomic E-state index is -1.24. The Bertz CT molecular complexity index is 1950. The summed E-state index contributed by atoms with van der Waals surface area (Å²) in [7, 11) is 6.29. The van der Waals surface area contributed by atoms with Crippen molar-refractivity contribution >= 4 is 11.8 Å². The van der Waals surface area contributed by atoms with E-state index in [0.717, 1.165) is 12.8 Å². The van der Waals surface area contributed by atoms with Gasteiger partial charge in [0.05, 0.1) is 54.4 Å². The smallest absolute Gasteiger partial charge is 0.333 e. The molecule has 4 heterocycles. The summed E-state index contributed by atoms with van der Waals surface area (Å²) < 4.78 is 81.1. The van der Waals surface area contributed by atoms with Crippen molar-refractivity contribution in [1.29, 1.82) is 0 Å². The molecule has 0 aromatic rings. The molecule has 0 spiro atoms. The molecule has 25 atom stereocenters. The van der Waals surface area contributed by atoms with Crippen LogP contribution >= 0.6 is 0 Å². The van der Waals surface area contributed by atoms with Gasteiger partial charge in [0.1, 0.15) is 48.5 Å². The molecule has 0 aromatic carbocycles. The third kappa shape index (κ3) is 10.3. The van der Waals surface area contributed by atoms with E-state index >= 15 is 0 Å². The number of allylic oxidation sites excluding steroid dienone is 2. The zero-order chi connectivity index (χ0) is 52.2. The zero-order valence-electron chi connectivity index (χ0n) is 44.9. The number of carbonyl (C=O) groups is 2. The monoisotopic (exact) mass is 1020 g/mol. The van der Waals surface area contributed by atoms with Crippen LogP contribution in [0.3, 0.4) is 0 Å². The van der Waals surface area contributed by atoms with Crippen LogP contribution in [0.25, 0.3) is 0 Å². The summed E-state index contributed by atoms with van der Waals surface area (Å²) in [6, 6.07) is 0. The van der Waals surface area contributed by atoms with E-state index in [2.05, 4.69) is 13.0 Å². The first-order valence-electron chi connectivity index (χ1n) is 26.6. The second-order valence-electron chi connectivity index (χ2n) is 22.6. The molecular formula is C54H86O18. The fourth-order valence-electron chi connectivity index (χ4n) is 14.5. The first-order valence-corrected chi connectivity index (χ1v) is 26.6. The Morgan fingerprint density at radius 1 is 0.667 bits per heavy atom. The molecule has 0 amide bonds. The molecular weight excluding hydrogens is 937 g/mol. The van der Waals surface area contributed by atoms with Gasteiger partial charge in [-0.05, 0) is 111 Å². The van der Waals surface area contributed by atoms with Gasteiger partial charge in [-0.2, -0.15) is 0 Å². The van der Waals surface area contributed by atoms with E-state index in [4.69, 9.17) is 61.6 Å². The summed E-state index contributed by atoms with van der Waals surface area (Å²) >= 11 is 0. The molecule has 0 radical (unpaired) electrons. The van der Waals surface area contributed by atoms with Crippen LogP contribution in [-0.2, 0) is 71.2 Å². The van der Waals surface area contributed by atoms with Gasteiger partial charge in [-0.3, -0.25) is 4.79 Å². The van der Waals surface area contributed by atoms with Crippen molar-refractivity contribution in [3.05, 3.63) is 23.3 Å². The van der Waals surface area contributed by atoms with Crippen molar-refractivity contribution in [2.24, 2.45) is 28.6 Å². The molecule has 410 valence electrons. The molecule has 0 aromatic heterocycles. The van der Waals surface area contributed by atoms with E-state index in [-0.39, 0.29) is 41.2 Å². The number of fused-ring (bicyclic) bond motifs is 5. The van der Waals surface area contributed by atoms with E-state index < -0.39 is 121 Å². The van der Waals surface area contributed by atoms with Gasteiger partial charge >= 0.3 is 5.97 Å². The van der Waals surface area contributed by atoms with Gasteiger partial charge in [0.15, 0.2) is 25.2 Å². The largest absolute Gasteiger partial charge is 0.458 e. The van der Waals surface area contributed by atoms with Crippen LogP contribution in [-0.4, -0.2) is 178 Å². The van der Waals surface area contributed by atoms with Crippen molar-refractivity contribution in [2.75, 3.05) is 28.4 Å². The van der Waals surface area contributed by atoms with Gasteiger partial charge in [-0.25, -0.2) is 4.79 Å². The minimum Gasteiger partial charge on any atom is -0.458 e. The lowest BCUT2D eigenvalue weighted by Gasteiger charge is -2.63. The number of aliphatic hydroxyl groups is 3. The SMILES string of the molecule is C/C=C(\C)C(=O)OC1CC2C(CC=C3CC(O[C@H]4CC(OC)[C@@H](O[C@H]5CC(OC)[C@@H](O[C@@H]6OC(C)[C@H](O[C@H]7CC(OC)[C@@H](O)C(C)O7)C(OC)[C@H]6O)C(C)O5)C(C)O4)CCC32C)C2(O)CCC(C(C)=O)C12C. The maximum absolute atomic E-state index is 13.4. The lowest BCUT2D eigenvalue weighted by atomic mass is 9.45. The number of aliphatic hydroxyl groups excluding tert-OH is 2. The van der Waals surface area contributed by atoms with E-state index in [0.29, 0.717) is 56.9 Å². The van der Waals surface area contributed by atoms with Crippen LogP contribution in [0.4, 0.5) is 0 Å². The maximum Gasteiger partial charge on any atom is 0.333 e. The Kier molecular flexibility index (Phi) is 17.6. The first-order chi connectivity index (χ1) is 34.1. The van der Waals surface area contributed by atoms with Gasteiger partial charge in [-0.15, -0.1) is 0 Å². The first kappa shape index (κ1) is 56.2. The summed E-state index contributed by atoms with van der Waals surface area (Å²) in [5, 5.41) is 34.9. The number of hydrogen-bond acceptors (Lipinski definition) is 18. The Labute approximate surface area is 426 Å². The summed E-state index contributed by atoms with van der Waals surface area (Å²) in [5.41, 5.74) is -0.484. The van der Waals surface area contributed by atoms with Crippen LogP contribution in [0.2, 0.25) is 0 Å². The van der Waals surface area contributed by atoms with Gasteiger partial charge in [-0.1, -0.05) is 31.6 Å². The summed E-state index contributed by atoms with van der Waals surface area (Å²) in [6.45, 7) is 16.8. The van der Waals surface area contributed by atoms with Gasteiger partial charge in [0, 0.05) is 64.6 Å². The molecule has 4 aliphatic heterocycles. The Hall–Kier alpha value is -1.98. The highest BCUT2D eigenvalue weighted by molar-refractivity contribution is 5.88. The van der Waals surface area contributed by atoms with Crippen LogP contribution in [0.5, 0.6) is 0 Å². The quantitative estimate of drug-likeness (QED) is 0.109. The molecule has 72 heavy (non-hydrogen) atoms. The number of methoxy groups -OCH3 is 4. The van der Waals surface area contributed by atoms with Crippen LogP contribution in [0.15, 0.2) is 23.3 Å². The molecule has 8 aliphatic rings. The second-order valence-corrected chi connectivity index (χ2v) is 22.6. The third-order valence-corrected chi connectivity index (χ3v) is 18.9. The van der Waals surface area contributed by atoms with Crippen LogP contribution in [0.1, 0.15) is 127 Å². The topological polar surface area (TPSA) is 215 Å². The molecule has 0 bridgehead atoms. The van der Waals surface area contributed by atoms with E-state index in [9.17, 15) is 24.9 Å². The lowest BCUT2D eigenvalue weighted by Crippen LogP contribution is -2.66. The van der Waals surface area contributed by atoms with Gasteiger partial charge in [0.25, 0.3) is 0 Å².